The first-order valence-electron chi connectivity index (χ1n) is 5.75. The second-order valence-corrected chi connectivity index (χ2v) is 4.48. The highest BCUT2D eigenvalue weighted by atomic mass is 19.4. The zero-order chi connectivity index (χ0) is 15.9. The summed E-state index contributed by atoms with van der Waals surface area (Å²) < 4.78 is 80.1. The number of carbonyl (C=O) groups is 1. The lowest BCUT2D eigenvalue weighted by atomic mass is 10.1. The molecule has 9 heteroatoms. The largest absolute Gasteiger partial charge is 0.452 e. The molecule has 1 heterocycles. The van der Waals surface area contributed by atoms with Crippen molar-refractivity contribution in [1.82, 2.24) is 5.32 Å². The summed E-state index contributed by atoms with van der Waals surface area (Å²) in [4.78, 5) is 11.4. The third-order valence-electron chi connectivity index (χ3n) is 3.00. The van der Waals surface area contributed by atoms with Crippen molar-refractivity contribution in [3.63, 3.8) is 0 Å². The summed E-state index contributed by atoms with van der Waals surface area (Å²) in [5, 5.41) is 1.26. The molecule has 1 saturated heterocycles. The van der Waals surface area contributed by atoms with E-state index in [1.807, 2.05) is 0 Å². The fourth-order valence-corrected chi connectivity index (χ4v) is 1.98. The maximum absolute atomic E-state index is 12.7. The van der Waals surface area contributed by atoms with Crippen molar-refractivity contribution in [2.45, 2.75) is 30.5 Å². The molecule has 1 fully saturated rings. The van der Waals surface area contributed by atoms with Gasteiger partial charge in [-0.1, -0.05) is 30.3 Å². The van der Waals surface area contributed by atoms with Crippen molar-refractivity contribution < 1.29 is 35.9 Å². The molecular formula is C12H9F6NO2. The van der Waals surface area contributed by atoms with Gasteiger partial charge in [0.15, 0.2) is 0 Å². The van der Waals surface area contributed by atoms with Gasteiger partial charge in [-0.05, 0) is 12.0 Å². The Labute approximate surface area is 114 Å². The number of hydrogen-bond acceptors (Lipinski definition) is 3. The number of nitrogens with one attached hydrogen (secondary N) is 1. The molecule has 0 bridgehead atoms. The standard InChI is InChI=1S/C12H9F6NO2/c13-11(14,15)10(12(16,17)18)19-8(9(20)21-10)6-7-4-2-1-3-5-7/h1-5,8,19H,6H2/t8-/m0/s1. The van der Waals surface area contributed by atoms with Gasteiger partial charge in [0.2, 0.25) is 0 Å². The fraction of sp³-hybridized carbons (Fsp3) is 0.417. The van der Waals surface area contributed by atoms with E-state index in [4.69, 9.17) is 0 Å². The van der Waals surface area contributed by atoms with E-state index in [0.717, 1.165) is 0 Å². The van der Waals surface area contributed by atoms with Crippen LogP contribution in [0.1, 0.15) is 5.56 Å². The number of cyclic esters (lactones) is 1. The molecule has 2 rings (SSSR count). The van der Waals surface area contributed by atoms with Crippen LogP contribution in [-0.4, -0.2) is 30.1 Å². The van der Waals surface area contributed by atoms with Crippen molar-refractivity contribution in [1.29, 1.82) is 0 Å². The molecule has 0 unspecified atom stereocenters. The van der Waals surface area contributed by atoms with E-state index in [9.17, 15) is 31.1 Å². The number of carbonyl (C=O) groups excluding carboxylic acids is 1. The third-order valence-corrected chi connectivity index (χ3v) is 3.00. The number of halogens is 6. The Morgan fingerprint density at radius 1 is 1.05 bits per heavy atom. The SMILES string of the molecule is O=C1OC(C(F)(F)F)(C(F)(F)F)N[C@H]1Cc1ccccc1. The minimum Gasteiger partial charge on any atom is -0.424 e. The van der Waals surface area contributed by atoms with Gasteiger partial charge >= 0.3 is 24.0 Å². The molecule has 3 nitrogen and oxygen atoms in total. The minimum absolute atomic E-state index is 0.340. The highest BCUT2D eigenvalue weighted by Crippen LogP contribution is 2.46. The maximum Gasteiger partial charge on any atom is 0.452 e. The minimum atomic E-state index is -5.81. The van der Waals surface area contributed by atoms with Crippen LogP contribution in [0.2, 0.25) is 0 Å². The van der Waals surface area contributed by atoms with Crippen LogP contribution in [0, 0.1) is 0 Å². The molecular weight excluding hydrogens is 304 g/mol. The predicted octanol–water partition coefficient (Wildman–Crippen LogP) is 2.57. The predicted molar refractivity (Wildman–Crippen MR) is 58.0 cm³/mol. The van der Waals surface area contributed by atoms with E-state index in [1.165, 1.54) is 17.4 Å². The normalized spacial score (nSPS) is 22.2. The smallest absolute Gasteiger partial charge is 0.424 e. The number of esters is 1. The second-order valence-electron chi connectivity index (χ2n) is 4.48. The highest BCUT2D eigenvalue weighted by Gasteiger charge is 2.78. The van der Waals surface area contributed by atoms with E-state index in [2.05, 4.69) is 4.74 Å². The van der Waals surface area contributed by atoms with Gasteiger partial charge in [-0.15, -0.1) is 0 Å². The van der Waals surface area contributed by atoms with Gasteiger partial charge in [0.1, 0.15) is 6.04 Å². The van der Waals surface area contributed by atoms with Gasteiger partial charge in [0, 0.05) is 0 Å². The van der Waals surface area contributed by atoms with Gasteiger partial charge in [-0.2, -0.15) is 26.3 Å². The number of alkyl halides is 6. The Bertz CT molecular complexity index is 511. The summed E-state index contributed by atoms with van der Waals surface area (Å²) in [6.45, 7) is 0. The van der Waals surface area contributed by atoms with Crippen LogP contribution in [0.15, 0.2) is 30.3 Å². The molecule has 0 aromatic heterocycles. The van der Waals surface area contributed by atoms with Crippen molar-refractivity contribution in [2.24, 2.45) is 0 Å². The topological polar surface area (TPSA) is 38.3 Å². The molecule has 1 aromatic rings. The number of benzene rings is 1. The average Bonchev–Trinajstić information content (AvgIpc) is 2.68. The number of rotatable bonds is 2. The van der Waals surface area contributed by atoms with E-state index >= 15 is 0 Å². The first-order chi connectivity index (χ1) is 9.57. The zero-order valence-corrected chi connectivity index (χ0v) is 10.3. The Kier molecular flexibility index (Phi) is 3.64. The third kappa shape index (κ3) is 2.69. The maximum atomic E-state index is 12.7. The van der Waals surface area contributed by atoms with Crippen molar-refractivity contribution in [3.05, 3.63) is 35.9 Å². The van der Waals surface area contributed by atoms with Gasteiger partial charge in [0.25, 0.3) is 0 Å². The summed E-state index contributed by atoms with van der Waals surface area (Å²) in [7, 11) is 0. The van der Waals surface area contributed by atoms with E-state index in [0.29, 0.717) is 5.56 Å². The van der Waals surface area contributed by atoms with Crippen LogP contribution in [0.5, 0.6) is 0 Å². The average molecular weight is 313 g/mol. The van der Waals surface area contributed by atoms with Gasteiger partial charge in [0.05, 0.1) is 0 Å². The Hall–Kier alpha value is -1.77. The molecule has 116 valence electrons. The molecule has 1 aliphatic heterocycles. The van der Waals surface area contributed by atoms with Crippen molar-refractivity contribution >= 4 is 5.97 Å². The Morgan fingerprint density at radius 2 is 1.57 bits per heavy atom. The fourth-order valence-electron chi connectivity index (χ4n) is 1.98. The lowest BCUT2D eigenvalue weighted by molar-refractivity contribution is -0.369. The quantitative estimate of drug-likeness (QED) is 0.674. The lowest BCUT2D eigenvalue weighted by Gasteiger charge is -2.31. The Balaban J connectivity index is 2.28. The van der Waals surface area contributed by atoms with Crippen molar-refractivity contribution in [2.75, 3.05) is 0 Å². The van der Waals surface area contributed by atoms with Crippen LogP contribution in [0.25, 0.3) is 0 Å². The van der Waals surface area contributed by atoms with Crippen LogP contribution >= 0.6 is 0 Å². The number of hydrogen-bond donors (Lipinski definition) is 1. The van der Waals surface area contributed by atoms with Crippen LogP contribution < -0.4 is 5.32 Å². The number of ether oxygens (including phenoxy) is 1. The van der Waals surface area contributed by atoms with Gasteiger partial charge in [-0.3, -0.25) is 10.1 Å². The summed E-state index contributed by atoms with van der Waals surface area (Å²) in [6.07, 6.45) is -12.0. The van der Waals surface area contributed by atoms with Gasteiger partial charge in [-0.25, -0.2) is 0 Å². The molecule has 0 radical (unpaired) electrons. The summed E-state index contributed by atoms with van der Waals surface area (Å²) in [6, 6.07) is 5.97. The van der Waals surface area contributed by atoms with E-state index in [1.54, 1.807) is 18.2 Å². The molecule has 0 amide bonds. The highest BCUT2D eigenvalue weighted by molar-refractivity contribution is 5.79. The molecule has 1 aromatic carbocycles. The van der Waals surface area contributed by atoms with Gasteiger partial charge < -0.3 is 4.74 Å². The lowest BCUT2D eigenvalue weighted by Crippen LogP contribution is -2.65. The molecule has 1 atom stereocenters. The zero-order valence-electron chi connectivity index (χ0n) is 10.3. The van der Waals surface area contributed by atoms with Crippen LogP contribution in [0.4, 0.5) is 26.3 Å². The van der Waals surface area contributed by atoms with E-state index < -0.39 is 30.1 Å². The molecule has 0 saturated carbocycles. The summed E-state index contributed by atoms with van der Waals surface area (Å²) >= 11 is 0. The monoisotopic (exact) mass is 313 g/mol. The second kappa shape index (κ2) is 4.90. The summed E-state index contributed by atoms with van der Waals surface area (Å²) in [5.74, 6) is -1.59. The Morgan fingerprint density at radius 3 is 2.00 bits per heavy atom. The molecule has 0 aliphatic carbocycles. The molecule has 21 heavy (non-hydrogen) atoms. The van der Waals surface area contributed by atoms with Crippen LogP contribution in [-0.2, 0) is 16.0 Å². The first kappa shape index (κ1) is 15.6. The van der Waals surface area contributed by atoms with E-state index in [-0.39, 0.29) is 6.42 Å². The van der Waals surface area contributed by atoms with Crippen molar-refractivity contribution in [3.8, 4) is 0 Å². The first-order valence-corrected chi connectivity index (χ1v) is 5.75. The molecule has 0 spiro atoms. The van der Waals surface area contributed by atoms with Crippen LogP contribution in [0.3, 0.4) is 0 Å². The molecule has 1 aliphatic rings. The summed E-state index contributed by atoms with van der Waals surface area (Å²) in [5.41, 5.74) is -4.25. The molecule has 1 N–H and O–H groups in total.